The van der Waals surface area contributed by atoms with Crippen molar-refractivity contribution in [1.82, 2.24) is 0 Å². The lowest BCUT2D eigenvalue weighted by Crippen LogP contribution is -2.27. The number of thioether (sulfide) groups is 1. The third-order valence-corrected chi connectivity index (χ3v) is 3.47. The molecule has 3 nitrogen and oxygen atoms in total. The predicted octanol–water partition coefficient (Wildman–Crippen LogP) is 3.19. The highest BCUT2D eigenvalue weighted by molar-refractivity contribution is 8.15. The number of anilines is 1. The third-order valence-electron chi connectivity index (χ3n) is 1.91. The number of hydrogen-bond acceptors (Lipinski definition) is 3. The normalized spacial score (nSPS) is 16.3. The first-order chi connectivity index (χ1) is 7.09. The number of benzene rings is 1. The lowest BCUT2D eigenvalue weighted by molar-refractivity contribution is -0.115. The van der Waals surface area contributed by atoms with Gasteiger partial charge in [0.05, 0.1) is 21.5 Å². The van der Waals surface area contributed by atoms with Gasteiger partial charge in [-0.3, -0.25) is 9.59 Å². The fourth-order valence-corrected chi connectivity index (χ4v) is 2.23. The minimum atomic E-state index is -0.279. The highest BCUT2D eigenvalue weighted by Gasteiger charge is 2.31. The summed E-state index contributed by atoms with van der Waals surface area (Å²) in [5.41, 5.74) is 0.462. The molecule has 1 fully saturated rings. The van der Waals surface area contributed by atoms with Gasteiger partial charge < -0.3 is 0 Å². The SMILES string of the molecule is O=C1CSC(=O)N1c1ccc(Cl)c(Cl)c1. The molecule has 78 valence electrons. The summed E-state index contributed by atoms with van der Waals surface area (Å²) in [5.74, 6) is -0.0533. The van der Waals surface area contributed by atoms with E-state index >= 15 is 0 Å². The fourth-order valence-electron chi connectivity index (χ4n) is 1.23. The van der Waals surface area contributed by atoms with Gasteiger partial charge in [0.1, 0.15) is 0 Å². The number of amides is 2. The molecule has 0 bridgehead atoms. The zero-order chi connectivity index (χ0) is 11.0. The van der Waals surface area contributed by atoms with Crippen molar-refractivity contribution >= 4 is 51.8 Å². The molecule has 0 spiro atoms. The number of nitrogens with zero attached hydrogens (tertiary/aromatic N) is 1. The Morgan fingerprint density at radius 1 is 1.20 bits per heavy atom. The van der Waals surface area contributed by atoms with E-state index in [1.165, 1.54) is 6.07 Å². The molecule has 0 radical (unpaired) electrons. The first-order valence-electron chi connectivity index (χ1n) is 4.04. The molecular weight excluding hydrogens is 257 g/mol. The number of hydrogen-bond donors (Lipinski definition) is 0. The Balaban J connectivity index is 2.41. The van der Waals surface area contributed by atoms with Gasteiger partial charge in [-0.2, -0.15) is 0 Å². The summed E-state index contributed by atoms with van der Waals surface area (Å²) in [5, 5.41) is 0.442. The maximum atomic E-state index is 11.4. The second-order valence-electron chi connectivity index (χ2n) is 2.88. The Kier molecular flexibility index (Phi) is 2.91. The van der Waals surface area contributed by atoms with Crippen LogP contribution in [0.1, 0.15) is 0 Å². The molecule has 0 atom stereocenters. The van der Waals surface area contributed by atoms with Crippen molar-refractivity contribution in [3.63, 3.8) is 0 Å². The molecule has 0 unspecified atom stereocenters. The van der Waals surface area contributed by atoms with Crippen molar-refractivity contribution in [2.45, 2.75) is 0 Å². The number of rotatable bonds is 1. The first kappa shape index (κ1) is 10.8. The molecule has 1 saturated heterocycles. The highest BCUT2D eigenvalue weighted by atomic mass is 35.5. The van der Waals surface area contributed by atoms with E-state index in [9.17, 15) is 9.59 Å². The molecule has 1 heterocycles. The van der Waals surface area contributed by atoms with Crippen LogP contribution >= 0.6 is 35.0 Å². The van der Waals surface area contributed by atoms with Crippen LogP contribution in [0.5, 0.6) is 0 Å². The molecule has 6 heteroatoms. The van der Waals surface area contributed by atoms with Crippen LogP contribution in [0.2, 0.25) is 10.0 Å². The van der Waals surface area contributed by atoms with Gasteiger partial charge in [0, 0.05) is 0 Å². The Hall–Kier alpha value is -0.710. The maximum Gasteiger partial charge on any atom is 0.293 e. The van der Waals surface area contributed by atoms with Gasteiger partial charge in [0.2, 0.25) is 5.91 Å². The van der Waals surface area contributed by atoms with E-state index in [0.717, 1.165) is 16.7 Å². The van der Waals surface area contributed by atoms with E-state index in [0.29, 0.717) is 15.7 Å². The van der Waals surface area contributed by atoms with Gasteiger partial charge in [-0.25, -0.2) is 4.90 Å². The predicted molar refractivity (Wildman–Crippen MR) is 61.8 cm³/mol. The van der Waals surface area contributed by atoms with Crippen LogP contribution in [0.25, 0.3) is 0 Å². The second kappa shape index (κ2) is 4.04. The van der Waals surface area contributed by atoms with Gasteiger partial charge in [-0.15, -0.1) is 0 Å². The van der Waals surface area contributed by atoms with Crippen LogP contribution in [-0.4, -0.2) is 16.9 Å². The molecule has 1 aromatic carbocycles. The molecule has 0 saturated carbocycles. The minimum Gasteiger partial charge on any atom is -0.273 e. The summed E-state index contributed by atoms with van der Waals surface area (Å²) in [6.45, 7) is 0. The smallest absolute Gasteiger partial charge is 0.273 e. The van der Waals surface area contributed by atoms with Crippen molar-refractivity contribution in [2.75, 3.05) is 10.7 Å². The minimum absolute atomic E-state index is 0.180. The van der Waals surface area contributed by atoms with Crippen molar-refractivity contribution < 1.29 is 9.59 Å². The summed E-state index contributed by atoms with van der Waals surface area (Å²) in [7, 11) is 0. The number of carbonyl (C=O) groups is 2. The molecule has 1 aliphatic heterocycles. The number of carbonyl (C=O) groups excluding carboxylic acids is 2. The van der Waals surface area contributed by atoms with Gasteiger partial charge in [0.25, 0.3) is 5.24 Å². The summed E-state index contributed by atoms with van der Waals surface area (Å²) in [6, 6.07) is 4.66. The summed E-state index contributed by atoms with van der Waals surface area (Å²) < 4.78 is 0. The van der Waals surface area contributed by atoms with Gasteiger partial charge in [-0.05, 0) is 18.2 Å². The molecule has 0 N–H and O–H groups in total. The molecule has 0 aromatic heterocycles. The lowest BCUT2D eigenvalue weighted by Gasteiger charge is -2.13. The molecule has 1 aliphatic rings. The van der Waals surface area contributed by atoms with E-state index in [1.54, 1.807) is 12.1 Å². The number of halogens is 2. The zero-order valence-corrected chi connectivity index (χ0v) is 9.70. The van der Waals surface area contributed by atoms with E-state index < -0.39 is 0 Å². The molecular formula is C9H5Cl2NO2S. The molecule has 2 amide bonds. The van der Waals surface area contributed by atoms with E-state index in [2.05, 4.69) is 0 Å². The monoisotopic (exact) mass is 261 g/mol. The van der Waals surface area contributed by atoms with Crippen LogP contribution in [0.15, 0.2) is 18.2 Å². The fraction of sp³-hybridized carbons (Fsp3) is 0.111. The standard InChI is InChI=1S/C9H5Cl2NO2S/c10-6-2-1-5(3-7(6)11)12-8(13)4-15-9(12)14/h1-3H,4H2. The van der Waals surface area contributed by atoms with E-state index in [1.807, 2.05) is 0 Å². The van der Waals surface area contributed by atoms with E-state index in [-0.39, 0.29) is 16.9 Å². The van der Waals surface area contributed by atoms with Crippen molar-refractivity contribution in [3.05, 3.63) is 28.2 Å². The van der Waals surface area contributed by atoms with Gasteiger partial charge in [-0.1, -0.05) is 35.0 Å². The average molecular weight is 262 g/mol. The van der Waals surface area contributed by atoms with Crippen LogP contribution in [0, 0.1) is 0 Å². The quantitative estimate of drug-likeness (QED) is 0.779. The van der Waals surface area contributed by atoms with Crippen LogP contribution < -0.4 is 4.90 Å². The molecule has 1 aromatic rings. The topological polar surface area (TPSA) is 37.4 Å². The third kappa shape index (κ3) is 1.97. The number of imide groups is 1. The maximum absolute atomic E-state index is 11.4. The van der Waals surface area contributed by atoms with Crippen LogP contribution in [0.3, 0.4) is 0 Å². The summed E-state index contributed by atoms with van der Waals surface area (Å²) in [4.78, 5) is 23.9. The zero-order valence-electron chi connectivity index (χ0n) is 7.37. The van der Waals surface area contributed by atoms with Crippen LogP contribution in [0.4, 0.5) is 10.5 Å². The Labute approximate surface area is 100 Å². The van der Waals surface area contributed by atoms with Crippen LogP contribution in [-0.2, 0) is 4.79 Å². The summed E-state index contributed by atoms with van der Waals surface area (Å²) >= 11 is 12.5. The van der Waals surface area contributed by atoms with Crippen molar-refractivity contribution in [1.29, 1.82) is 0 Å². The molecule has 0 aliphatic carbocycles. The Morgan fingerprint density at radius 2 is 1.93 bits per heavy atom. The summed E-state index contributed by atoms with van der Waals surface area (Å²) in [6.07, 6.45) is 0. The highest BCUT2D eigenvalue weighted by Crippen LogP contribution is 2.31. The van der Waals surface area contributed by atoms with Gasteiger partial charge >= 0.3 is 0 Å². The van der Waals surface area contributed by atoms with Crippen molar-refractivity contribution in [2.24, 2.45) is 0 Å². The first-order valence-corrected chi connectivity index (χ1v) is 5.78. The second-order valence-corrected chi connectivity index (χ2v) is 4.62. The lowest BCUT2D eigenvalue weighted by atomic mass is 10.3. The van der Waals surface area contributed by atoms with E-state index in [4.69, 9.17) is 23.2 Å². The van der Waals surface area contributed by atoms with Gasteiger partial charge in [0.15, 0.2) is 0 Å². The largest absolute Gasteiger partial charge is 0.293 e. The Morgan fingerprint density at radius 3 is 2.47 bits per heavy atom. The molecule has 15 heavy (non-hydrogen) atoms. The van der Waals surface area contributed by atoms with Crippen molar-refractivity contribution in [3.8, 4) is 0 Å². The average Bonchev–Trinajstić information content (AvgIpc) is 2.52. The molecule has 2 rings (SSSR count). The Bertz CT molecular complexity index is 434.